The molecule has 0 aliphatic rings. The molecule has 0 aliphatic carbocycles. The van der Waals surface area contributed by atoms with E-state index in [1.165, 1.54) is 11.8 Å². The van der Waals surface area contributed by atoms with Gasteiger partial charge in [0.2, 0.25) is 0 Å². The molecule has 0 spiro atoms. The molecule has 0 atom stereocenters. The lowest BCUT2D eigenvalue weighted by Crippen LogP contribution is -2.12. The molecule has 19 heavy (non-hydrogen) atoms. The number of nitrogens with zero attached hydrogens (tertiary/aromatic N) is 5. The van der Waals surface area contributed by atoms with Crippen LogP contribution in [0.1, 0.15) is 5.56 Å². The number of benzene rings is 1. The Balaban J connectivity index is 2.40. The minimum atomic E-state index is 0.562. The Morgan fingerprint density at radius 3 is 2.79 bits per heavy atom. The third-order valence-corrected chi connectivity index (χ3v) is 3.07. The largest absolute Gasteiger partial charge is 0.288 e. The van der Waals surface area contributed by atoms with E-state index in [2.05, 4.69) is 20.5 Å². The van der Waals surface area contributed by atoms with Crippen LogP contribution in [0.4, 0.5) is 5.69 Å². The average Bonchev–Trinajstić information content (AvgIpc) is 2.94. The van der Waals surface area contributed by atoms with E-state index in [1.807, 2.05) is 37.6 Å². The van der Waals surface area contributed by atoms with Crippen LogP contribution in [-0.2, 0) is 0 Å². The number of thioether (sulfide) groups is 1. The van der Waals surface area contributed by atoms with Crippen molar-refractivity contribution >= 4 is 22.6 Å². The summed E-state index contributed by atoms with van der Waals surface area (Å²) in [5.41, 5.74) is 2.76. The molecule has 0 radical (unpaired) electrons. The third kappa shape index (κ3) is 3.11. The minimum absolute atomic E-state index is 0.562. The van der Waals surface area contributed by atoms with Gasteiger partial charge in [-0.1, -0.05) is 17.8 Å². The van der Waals surface area contributed by atoms with Gasteiger partial charge in [0.05, 0.1) is 11.4 Å². The summed E-state index contributed by atoms with van der Waals surface area (Å²) in [7, 11) is 0. The zero-order valence-corrected chi connectivity index (χ0v) is 11.3. The molecule has 0 saturated carbocycles. The molecule has 96 valence electrons. The first-order chi connectivity index (χ1) is 9.24. The zero-order chi connectivity index (χ0) is 13.7. The molecule has 0 aliphatic heterocycles. The van der Waals surface area contributed by atoms with Crippen molar-refractivity contribution in [1.29, 1.82) is 5.26 Å². The summed E-state index contributed by atoms with van der Waals surface area (Å²) in [6, 6.07) is 5.86. The van der Waals surface area contributed by atoms with Crippen molar-refractivity contribution < 1.29 is 0 Å². The van der Waals surface area contributed by atoms with E-state index in [-0.39, 0.29) is 0 Å². The Morgan fingerprint density at radius 1 is 1.42 bits per heavy atom. The van der Waals surface area contributed by atoms with Crippen LogP contribution in [0.15, 0.2) is 35.8 Å². The quantitative estimate of drug-likeness (QED) is 0.391. The van der Waals surface area contributed by atoms with Gasteiger partial charge in [-0.05, 0) is 30.9 Å². The standard InChI is InChI=1S/C12H12N6S/c1-9-3-4-10(18-7-15-16-8-18)5-11(9)17-12(19-2)14-6-13/h3-5,7-8H,1-2H3,(H,14,17). The molecular weight excluding hydrogens is 260 g/mol. The van der Waals surface area contributed by atoms with Crippen molar-refractivity contribution in [3.05, 3.63) is 36.4 Å². The molecule has 0 saturated heterocycles. The molecule has 0 unspecified atom stereocenters. The topological polar surface area (TPSA) is 78.9 Å². The molecule has 2 aromatic rings. The van der Waals surface area contributed by atoms with Crippen LogP contribution >= 0.6 is 11.8 Å². The summed E-state index contributed by atoms with van der Waals surface area (Å²) >= 11 is 1.39. The maximum atomic E-state index is 8.64. The van der Waals surface area contributed by atoms with E-state index in [9.17, 15) is 0 Å². The normalized spacial score (nSPS) is 11.1. The smallest absolute Gasteiger partial charge is 0.183 e. The number of rotatable bonds is 2. The fourth-order valence-electron chi connectivity index (χ4n) is 1.49. The van der Waals surface area contributed by atoms with E-state index in [4.69, 9.17) is 5.26 Å². The van der Waals surface area contributed by atoms with Gasteiger partial charge in [0.1, 0.15) is 12.7 Å². The Kier molecular flexibility index (Phi) is 4.15. The Morgan fingerprint density at radius 2 is 2.16 bits per heavy atom. The fourth-order valence-corrected chi connectivity index (χ4v) is 1.83. The van der Waals surface area contributed by atoms with E-state index in [1.54, 1.807) is 17.2 Å². The van der Waals surface area contributed by atoms with Gasteiger partial charge in [-0.25, -0.2) is 4.99 Å². The van der Waals surface area contributed by atoms with Gasteiger partial charge in [0, 0.05) is 0 Å². The van der Waals surface area contributed by atoms with Crippen molar-refractivity contribution in [2.24, 2.45) is 4.99 Å². The van der Waals surface area contributed by atoms with Crippen LogP contribution in [-0.4, -0.2) is 26.2 Å². The first kappa shape index (κ1) is 13.1. The third-order valence-electron chi connectivity index (χ3n) is 2.49. The van der Waals surface area contributed by atoms with Crippen LogP contribution in [0.3, 0.4) is 0 Å². The number of aromatic nitrogens is 3. The highest BCUT2D eigenvalue weighted by Gasteiger charge is 2.03. The highest BCUT2D eigenvalue weighted by atomic mass is 32.2. The van der Waals surface area contributed by atoms with Crippen LogP contribution in [0, 0.1) is 18.4 Å². The monoisotopic (exact) mass is 272 g/mol. The van der Waals surface area contributed by atoms with Gasteiger partial charge in [-0.3, -0.25) is 9.88 Å². The fraction of sp³-hybridized carbons (Fsp3) is 0.167. The molecule has 1 aromatic heterocycles. The zero-order valence-electron chi connectivity index (χ0n) is 10.5. The summed E-state index contributed by atoms with van der Waals surface area (Å²) in [4.78, 5) is 4.43. The van der Waals surface area contributed by atoms with Gasteiger partial charge in [0.25, 0.3) is 0 Å². The van der Waals surface area contributed by atoms with E-state index in [0.29, 0.717) is 5.17 Å². The number of nitrogens with one attached hydrogen (secondary N) is 1. The van der Waals surface area contributed by atoms with Crippen molar-refractivity contribution in [3.8, 4) is 11.9 Å². The number of nitriles is 1. The lowest BCUT2D eigenvalue weighted by molar-refractivity contribution is 1.05. The molecular formula is C12H12N6S. The highest BCUT2D eigenvalue weighted by molar-refractivity contribution is 8.13. The highest BCUT2D eigenvalue weighted by Crippen LogP contribution is 2.23. The minimum Gasteiger partial charge on any atom is -0.288 e. The Hall–Kier alpha value is -2.33. The number of hydrogen-bond donors (Lipinski definition) is 1. The first-order valence-corrected chi connectivity index (χ1v) is 6.70. The number of aryl methyl sites for hydroxylation is 1. The van der Waals surface area contributed by atoms with Gasteiger partial charge in [0.15, 0.2) is 11.4 Å². The lowest BCUT2D eigenvalue weighted by atomic mass is 10.2. The number of aliphatic imine (C=N–C) groups is 1. The second-order valence-electron chi connectivity index (χ2n) is 3.70. The van der Waals surface area contributed by atoms with Crippen molar-refractivity contribution in [3.63, 3.8) is 0 Å². The first-order valence-electron chi connectivity index (χ1n) is 5.48. The van der Waals surface area contributed by atoms with Crippen LogP contribution < -0.4 is 5.32 Å². The van der Waals surface area contributed by atoms with Crippen LogP contribution in [0.5, 0.6) is 0 Å². The molecule has 7 heteroatoms. The molecule has 1 N–H and O–H groups in total. The van der Waals surface area contributed by atoms with Gasteiger partial charge in [-0.15, -0.1) is 10.2 Å². The van der Waals surface area contributed by atoms with Crippen molar-refractivity contribution in [2.45, 2.75) is 6.92 Å². The van der Waals surface area contributed by atoms with Gasteiger partial charge >= 0.3 is 0 Å². The van der Waals surface area contributed by atoms with Crippen molar-refractivity contribution in [2.75, 3.05) is 6.26 Å². The van der Waals surface area contributed by atoms with E-state index in [0.717, 1.165) is 16.9 Å². The molecule has 2 rings (SSSR count). The molecule has 1 aromatic carbocycles. The predicted octanol–water partition coefficient (Wildman–Crippen LogP) is 2.00. The average molecular weight is 272 g/mol. The molecule has 0 fully saturated rings. The number of amidine groups is 1. The lowest BCUT2D eigenvalue weighted by Gasteiger charge is -2.06. The van der Waals surface area contributed by atoms with Crippen LogP contribution in [0.2, 0.25) is 0 Å². The summed E-state index contributed by atoms with van der Waals surface area (Å²) < 4.78 is 1.80. The van der Waals surface area contributed by atoms with Gasteiger partial charge < -0.3 is 0 Å². The summed E-state index contributed by atoms with van der Waals surface area (Å²) in [5, 5.41) is 19.3. The predicted molar refractivity (Wildman–Crippen MR) is 75.5 cm³/mol. The van der Waals surface area contributed by atoms with E-state index < -0.39 is 0 Å². The molecule has 1 heterocycles. The SMILES string of the molecule is CSC(=Nc1cc(-n2cnnc2)ccc1C)NC#N. The summed E-state index contributed by atoms with van der Waals surface area (Å²) in [5.74, 6) is 0. The second-order valence-corrected chi connectivity index (χ2v) is 4.49. The van der Waals surface area contributed by atoms with Gasteiger partial charge in [-0.2, -0.15) is 5.26 Å². The molecule has 0 bridgehead atoms. The van der Waals surface area contributed by atoms with Crippen LogP contribution in [0.25, 0.3) is 5.69 Å². The second kappa shape index (κ2) is 6.02. The maximum absolute atomic E-state index is 8.64. The number of hydrogen-bond acceptors (Lipinski definition) is 5. The summed E-state index contributed by atoms with van der Waals surface area (Å²) in [6.45, 7) is 1.97. The van der Waals surface area contributed by atoms with E-state index >= 15 is 0 Å². The Labute approximate surface area is 115 Å². The summed E-state index contributed by atoms with van der Waals surface area (Å²) in [6.07, 6.45) is 6.99. The molecule has 6 nitrogen and oxygen atoms in total. The maximum Gasteiger partial charge on any atom is 0.183 e. The van der Waals surface area contributed by atoms with Crippen molar-refractivity contribution in [1.82, 2.24) is 20.1 Å². The molecule has 0 amide bonds. The Bertz CT molecular complexity index is 626.